The molecule has 1 aromatic carbocycles. The van der Waals surface area contributed by atoms with Crippen LogP contribution in [0, 0.1) is 0 Å². The highest BCUT2D eigenvalue weighted by atomic mass is 35.5. The van der Waals surface area contributed by atoms with Gasteiger partial charge in [-0.15, -0.1) is 0 Å². The molecule has 0 radical (unpaired) electrons. The molecule has 1 N–H and O–H groups in total. The molecule has 0 spiro atoms. The Morgan fingerprint density at radius 1 is 1.53 bits per heavy atom. The van der Waals surface area contributed by atoms with E-state index in [1.807, 2.05) is 0 Å². The van der Waals surface area contributed by atoms with E-state index in [2.05, 4.69) is 5.32 Å². The first-order valence-electron chi connectivity index (χ1n) is 5.97. The standard InChI is InChI=1S/C13H15ClN2O3/c1-19-11-3-2-10(14)6-9(11)7-13(18)16-5-4-15-12(17)8-16/h2-3,6H,4-5,7-8H2,1H3,(H,15,17). The summed E-state index contributed by atoms with van der Waals surface area (Å²) in [5, 5.41) is 3.24. The Kier molecular flexibility index (Phi) is 4.27. The van der Waals surface area contributed by atoms with E-state index < -0.39 is 0 Å². The molecule has 1 aliphatic heterocycles. The predicted molar refractivity (Wildman–Crippen MR) is 71.3 cm³/mol. The van der Waals surface area contributed by atoms with Gasteiger partial charge >= 0.3 is 0 Å². The van der Waals surface area contributed by atoms with Crippen LogP contribution in [0.4, 0.5) is 0 Å². The maximum atomic E-state index is 12.1. The Bertz CT molecular complexity index is 505. The summed E-state index contributed by atoms with van der Waals surface area (Å²) in [7, 11) is 1.55. The van der Waals surface area contributed by atoms with Crippen LogP contribution < -0.4 is 10.1 Å². The topological polar surface area (TPSA) is 58.6 Å². The number of carbonyl (C=O) groups is 2. The van der Waals surface area contributed by atoms with Crippen LogP contribution in [0.2, 0.25) is 5.02 Å². The Morgan fingerprint density at radius 3 is 3.00 bits per heavy atom. The molecule has 0 bridgehead atoms. The Balaban J connectivity index is 2.09. The number of piperazine rings is 1. The molecule has 0 aliphatic carbocycles. The molecule has 1 heterocycles. The summed E-state index contributed by atoms with van der Waals surface area (Å²) < 4.78 is 5.20. The quantitative estimate of drug-likeness (QED) is 0.894. The van der Waals surface area contributed by atoms with Crippen LogP contribution >= 0.6 is 11.6 Å². The van der Waals surface area contributed by atoms with Gasteiger partial charge in [-0.25, -0.2) is 0 Å². The number of amides is 2. The first-order valence-corrected chi connectivity index (χ1v) is 6.35. The van der Waals surface area contributed by atoms with Gasteiger partial charge < -0.3 is 15.0 Å². The molecule has 1 fully saturated rings. The van der Waals surface area contributed by atoms with Gasteiger partial charge in [-0.2, -0.15) is 0 Å². The fourth-order valence-corrected chi connectivity index (χ4v) is 2.21. The average Bonchev–Trinajstić information content (AvgIpc) is 2.39. The molecular weight excluding hydrogens is 268 g/mol. The van der Waals surface area contributed by atoms with E-state index >= 15 is 0 Å². The van der Waals surface area contributed by atoms with Crippen LogP contribution in [0.1, 0.15) is 5.56 Å². The number of nitrogens with one attached hydrogen (secondary N) is 1. The first kappa shape index (κ1) is 13.7. The summed E-state index contributed by atoms with van der Waals surface area (Å²) in [6.07, 6.45) is 0.178. The maximum Gasteiger partial charge on any atom is 0.239 e. The Hall–Kier alpha value is -1.75. The molecule has 0 saturated carbocycles. The summed E-state index contributed by atoms with van der Waals surface area (Å²) in [5.74, 6) is 0.396. The third kappa shape index (κ3) is 3.38. The van der Waals surface area contributed by atoms with Crippen molar-refractivity contribution >= 4 is 23.4 Å². The number of hydrogen-bond donors (Lipinski definition) is 1. The Morgan fingerprint density at radius 2 is 2.32 bits per heavy atom. The minimum Gasteiger partial charge on any atom is -0.496 e. The molecule has 0 aromatic heterocycles. The first-order chi connectivity index (χ1) is 9.10. The SMILES string of the molecule is COc1ccc(Cl)cc1CC(=O)N1CCNC(=O)C1. The van der Waals surface area contributed by atoms with Gasteiger partial charge in [-0.05, 0) is 18.2 Å². The number of nitrogens with zero attached hydrogens (tertiary/aromatic N) is 1. The lowest BCUT2D eigenvalue weighted by atomic mass is 10.1. The fourth-order valence-electron chi connectivity index (χ4n) is 2.01. The molecule has 0 atom stereocenters. The van der Waals surface area contributed by atoms with Crippen molar-refractivity contribution in [3.05, 3.63) is 28.8 Å². The number of halogens is 1. The van der Waals surface area contributed by atoms with Gasteiger partial charge in [0.2, 0.25) is 11.8 Å². The second kappa shape index (κ2) is 5.93. The van der Waals surface area contributed by atoms with E-state index in [1.165, 1.54) is 0 Å². The lowest BCUT2D eigenvalue weighted by molar-refractivity contribution is -0.137. The molecule has 19 heavy (non-hydrogen) atoms. The van der Waals surface area contributed by atoms with Crippen LogP contribution in [0.3, 0.4) is 0 Å². The number of benzene rings is 1. The van der Waals surface area contributed by atoms with E-state index in [-0.39, 0.29) is 24.8 Å². The third-order valence-electron chi connectivity index (χ3n) is 2.98. The van der Waals surface area contributed by atoms with Crippen molar-refractivity contribution < 1.29 is 14.3 Å². The molecular formula is C13H15ClN2O3. The summed E-state index contributed by atoms with van der Waals surface area (Å²) in [4.78, 5) is 24.9. The van der Waals surface area contributed by atoms with Crippen LogP contribution in [0.15, 0.2) is 18.2 Å². The molecule has 1 aromatic rings. The zero-order valence-corrected chi connectivity index (χ0v) is 11.4. The zero-order valence-electron chi connectivity index (χ0n) is 10.6. The summed E-state index contributed by atoms with van der Waals surface area (Å²) in [6, 6.07) is 5.15. The van der Waals surface area contributed by atoms with Crippen molar-refractivity contribution in [3.63, 3.8) is 0 Å². The maximum absolute atomic E-state index is 12.1. The fraction of sp³-hybridized carbons (Fsp3) is 0.385. The smallest absolute Gasteiger partial charge is 0.239 e. The number of hydrogen-bond acceptors (Lipinski definition) is 3. The normalized spacial score (nSPS) is 15.1. The molecule has 1 aliphatic rings. The van der Waals surface area contributed by atoms with Crippen LogP contribution in [0.5, 0.6) is 5.75 Å². The zero-order chi connectivity index (χ0) is 13.8. The lowest BCUT2D eigenvalue weighted by Gasteiger charge is -2.26. The van der Waals surface area contributed by atoms with E-state index in [0.29, 0.717) is 23.9 Å². The monoisotopic (exact) mass is 282 g/mol. The highest BCUT2D eigenvalue weighted by Crippen LogP contribution is 2.23. The van der Waals surface area contributed by atoms with Gasteiger partial charge in [0, 0.05) is 23.7 Å². The van der Waals surface area contributed by atoms with Crippen molar-refractivity contribution in [2.75, 3.05) is 26.7 Å². The van der Waals surface area contributed by atoms with E-state index in [4.69, 9.17) is 16.3 Å². The number of ether oxygens (including phenoxy) is 1. The minimum atomic E-state index is -0.127. The molecule has 102 valence electrons. The van der Waals surface area contributed by atoms with Gasteiger partial charge in [0.1, 0.15) is 5.75 Å². The molecule has 1 saturated heterocycles. The molecule has 2 rings (SSSR count). The predicted octanol–water partition coefficient (Wildman–Crippen LogP) is 0.849. The summed E-state index contributed by atoms with van der Waals surface area (Å²) >= 11 is 5.92. The Labute approximate surface area is 116 Å². The number of rotatable bonds is 3. The summed E-state index contributed by atoms with van der Waals surface area (Å²) in [6.45, 7) is 1.15. The molecule has 0 unspecified atom stereocenters. The van der Waals surface area contributed by atoms with Gasteiger partial charge in [0.25, 0.3) is 0 Å². The van der Waals surface area contributed by atoms with E-state index in [1.54, 1.807) is 30.2 Å². The second-order valence-corrected chi connectivity index (χ2v) is 4.73. The van der Waals surface area contributed by atoms with Gasteiger partial charge in [0.15, 0.2) is 0 Å². The minimum absolute atomic E-state index is 0.101. The van der Waals surface area contributed by atoms with Gasteiger partial charge in [-0.3, -0.25) is 9.59 Å². The second-order valence-electron chi connectivity index (χ2n) is 4.30. The highest BCUT2D eigenvalue weighted by molar-refractivity contribution is 6.30. The van der Waals surface area contributed by atoms with E-state index in [0.717, 1.165) is 5.56 Å². The summed E-state index contributed by atoms with van der Waals surface area (Å²) in [5.41, 5.74) is 0.728. The largest absolute Gasteiger partial charge is 0.496 e. The molecule has 5 nitrogen and oxygen atoms in total. The third-order valence-corrected chi connectivity index (χ3v) is 3.21. The number of carbonyl (C=O) groups excluding carboxylic acids is 2. The van der Waals surface area contributed by atoms with Crippen molar-refractivity contribution in [2.45, 2.75) is 6.42 Å². The lowest BCUT2D eigenvalue weighted by Crippen LogP contribution is -2.50. The van der Waals surface area contributed by atoms with Gasteiger partial charge in [0.05, 0.1) is 20.1 Å². The van der Waals surface area contributed by atoms with Gasteiger partial charge in [-0.1, -0.05) is 11.6 Å². The van der Waals surface area contributed by atoms with Crippen LogP contribution in [0.25, 0.3) is 0 Å². The number of methoxy groups -OCH3 is 1. The van der Waals surface area contributed by atoms with Crippen molar-refractivity contribution in [2.24, 2.45) is 0 Å². The van der Waals surface area contributed by atoms with Crippen molar-refractivity contribution in [3.8, 4) is 5.75 Å². The molecule has 2 amide bonds. The van der Waals surface area contributed by atoms with Crippen molar-refractivity contribution in [1.82, 2.24) is 10.2 Å². The average molecular weight is 283 g/mol. The van der Waals surface area contributed by atoms with Crippen LogP contribution in [-0.2, 0) is 16.0 Å². The van der Waals surface area contributed by atoms with E-state index in [9.17, 15) is 9.59 Å². The van der Waals surface area contributed by atoms with Crippen LogP contribution in [-0.4, -0.2) is 43.5 Å². The highest BCUT2D eigenvalue weighted by Gasteiger charge is 2.22. The van der Waals surface area contributed by atoms with Crippen molar-refractivity contribution in [1.29, 1.82) is 0 Å². The molecule has 6 heteroatoms.